The number of ether oxygens (including phenoxy) is 1. The van der Waals surface area contributed by atoms with Gasteiger partial charge in [0.1, 0.15) is 11.6 Å². The first kappa shape index (κ1) is 21.0. The normalized spacial score (nSPS) is 9.96. The summed E-state index contributed by atoms with van der Waals surface area (Å²) < 4.78 is 30.8. The molecule has 1 rings (SSSR count). The molecule has 0 aliphatic carbocycles. The predicted octanol–water partition coefficient (Wildman–Crippen LogP) is 0.864. The second kappa shape index (κ2) is 10.7. The Hall–Kier alpha value is -3.04. The van der Waals surface area contributed by atoms with E-state index in [2.05, 4.69) is 15.4 Å². The average Bonchev–Trinajstić information content (AvgIpc) is 2.58. The van der Waals surface area contributed by atoms with E-state index in [1.165, 1.54) is 0 Å². The number of hydrogen-bond acceptors (Lipinski definition) is 5. The van der Waals surface area contributed by atoms with Crippen LogP contribution in [-0.4, -0.2) is 43.5 Å². The van der Waals surface area contributed by atoms with E-state index in [1.807, 2.05) is 12.2 Å². The number of nitrogens with one attached hydrogen (secondary N) is 3. The largest absolute Gasteiger partial charge is 0.456 e. The number of carbonyl (C=O) groups excluding carboxylic acids is 4. The number of halogens is 2. The van der Waals surface area contributed by atoms with E-state index in [1.54, 1.807) is 0 Å². The van der Waals surface area contributed by atoms with Crippen LogP contribution >= 0.6 is 0 Å². The van der Waals surface area contributed by atoms with Gasteiger partial charge in [0.2, 0.25) is 0 Å². The van der Waals surface area contributed by atoms with Crippen molar-refractivity contribution in [3.63, 3.8) is 0 Å². The van der Waals surface area contributed by atoms with Crippen LogP contribution < -0.4 is 16.0 Å². The number of esters is 1. The fourth-order valence-electron chi connectivity index (χ4n) is 1.71. The van der Waals surface area contributed by atoms with E-state index in [-0.39, 0.29) is 18.5 Å². The molecule has 26 heavy (non-hydrogen) atoms. The number of imide groups is 1. The van der Waals surface area contributed by atoms with Crippen LogP contribution in [0.4, 0.5) is 13.6 Å². The molecule has 0 unspecified atom stereocenters. The van der Waals surface area contributed by atoms with Gasteiger partial charge in [0, 0.05) is 19.2 Å². The molecule has 0 radical (unpaired) electrons. The highest BCUT2D eigenvalue weighted by atomic mass is 19.1. The van der Waals surface area contributed by atoms with Crippen molar-refractivity contribution in [1.29, 1.82) is 0 Å². The lowest BCUT2D eigenvalue weighted by Gasteiger charge is -2.08. The summed E-state index contributed by atoms with van der Waals surface area (Å²) in [5.41, 5.74) is -0.364. The van der Waals surface area contributed by atoms with Crippen LogP contribution in [0, 0.1) is 11.6 Å². The Kier molecular flexibility index (Phi) is 8.68. The number of amides is 4. The molecular formula is C16H19F2N3O5. The Balaban J connectivity index is 2.26. The first-order valence-corrected chi connectivity index (χ1v) is 7.80. The topological polar surface area (TPSA) is 114 Å². The summed E-state index contributed by atoms with van der Waals surface area (Å²) >= 11 is 0. The van der Waals surface area contributed by atoms with Crippen molar-refractivity contribution in [2.75, 3.05) is 19.7 Å². The maximum atomic E-state index is 13.4. The van der Waals surface area contributed by atoms with Crippen molar-refractivity contribution < 1.29 is 32.7 Å². The highest BCUT2D eigenvalue weighted by Crippen LogP contribution is 2.09. The molecule has 0 atom stereocenters. The number of carbonyl (C=O) groups is 4. The van der Waals surface area contributed by atoms with E-state index in [0.29, 0.717) is 19.0 Å². The van der Waals surface area contributed by atoms with E-state index >= 15 is 0 Å². The molecule has 4 amide bonds. The molecule has 1 aromatic rings. The Labute approximate surface area is 148 Å². The first-order chi connectivity index (χ1) is 12.3. The first-order valence-electron chi connectivity index (χ1n) is 7.80. The molecule has 0 aliphatic rings. The van der Waals surface area contributed by atoms with Crippen molar-refractivity contribution in [1.82, 2.24) is 16.0 Å². The molecule has 3 N–H and O–H groups in total. The average molecular weight is 371 g/mol. The maximum absolute atomic E-state index is 13.4. The SMILES string of the molecule is CCCNC(=O)NC(=O)COC(=O)CCNC(=O)c1ccc(F)cc1F. The summed E-state index contributed by atoms with van der Waals surface area (Å²) in [4.78, 5) is 45.7. The van der Waals surface area contributed by atoms with Gasteiger partial charge in [0.25, 0.3) is 11.8 Å². The number of rotatable bonds is 8. The minimum Gasteiger partial charge on any atom is -0.456 e. The third-order valence-electron chi connectivity index (χ3n) is 2.94. The van der Waals surface area contributed by atoms with Crippen LogP contribution in [0.15, 0.2) is 18.2 Å². The molecule has 1 aromatic carbocycles. The summed E-state index contributed by atoms with van der Waals surface area (Å²) in [6.45, 7) is 1.41. The zero-order chi connectivity index (χ0) is 19.5. The van der Waals surface area contributed by atoms with E-state index in [9.17, 15) is 28.0 Å². The standard InChI is InChI=1S/C16H19F2N3O5/c1-2-6-20-16(25)21-13(22)9-26-14(23)5-7-19-15(24)11-4-3-10(17)8-12(11)18/h3-4,8H,2,5-7,9H2,1H3,(H,19,24)(H2,20,21,22,25). The van der Waals surface area contributed by atoms with Gasteiger partial charge in [-0.2, -0.15) is 0 Å². The van der Waals surface area contributed by atoms with Crippen molar-refractivity contribution in [3.8, 4) is 0 Å². The lowest BCUT2D eigenvalue weighted by molar-refractivity contribution is -0.148. The van der Waals surface area contributed by atoms with Crippen LogP contribution in [0.3, 0.4) is 0 Å². The molecule has 0 aliphatic heterocycles. The Morgan fingerprint density at radius 1 is 1.08 bits per heavy atom. The minimum absolute atomic E-state index is 0.174. The highest BCUT2D eigenvalue weighted by molar-refractivity contribution is 5.96. The molecule has 0 saturated heterocycles. The second-order valence-corrected chi connectivity index (χ2v) is 5.09. The van der Waals surface area contributed by atoms with Gasteiger partial charge in [0.05, 0.1) is 12.0 Å². The summed E-state index contributed by atoms with van der Waals surface area (Å²) in [6.07, 6.45) is 0.425. The summed E-state index contributed by atoms with van der Waals surface area (Å²) in [6, 6.07) is 1.79. The Morgan fingerprint density at radius 2 is 1.81 bits per heavy atom. The quantitative estimate of drug-likeness (QED) is 0.587. The lowest BCUT2D eigenvalue weighted by Crippen LogP contribution is -2.41. The molecular weight excluding hydrogens is 352 g/mol. The molecule has 0 saturated carbocycles. The minimum atomic E-state index is -1.02. The second-order valence-electron chi connectivity index (χ2n) is 5.09. The molecule has 10 heteroatoms. The third-order valence-corrected chi connectivity index (χ3v) is 2.94. The fraction of sp³-hybridized carbons (Fsp3) is 0.375. The van der Waals surface area contributed by atoms with Gasteiger partial charge in [-0.1, -0.05) is 6.92 Å². The van der Waals surface area contributed by atoms with E-state index < -0.39 is 42.1 Å². The van der Waals surface area contributed by atoms with Gasteiger partial charge in [-0.3, -0.25) is 19.7 Å². The van der Waals surface area contributed by atoms with Crippen molar-refractivity contribution in [2.45, 2.75) is 19.8 Å². The van der Waals surface area contributed by atoms with Crippen molar-refractivity contribution >= 4 is 23.8 Å². The zero-order valence-electron chi connectivity index (χ0n) is 14.1. The monoisotopic (exact) mass is 371 g/mol. The van der Waals surface area contributed by atoms with Gasteiger partial charge in [-0.25, -0.2) is 13.6 Å². The van der Waals surface area contributed by atoms with Crippen LogP contribution in [0.5, 0.6) is 0 Å². The molecule has 8 nitrogen and oxygen atoms in total. The van der Waals surface area contributed by atoms with E-state index in [0.717, 1.165) is 12.1 Å². The predicted molar refractivity (Wildman–Crippen MR) is 86.1 cm³/mol. The molecule has 0 heterocycles. The molecule has 0 fully saturated rings. The smallest absolute Gasteiger partial charge is 0.321 e. The van der Waals surface area contributed by atoms with Crippen LogP contribution in [0.2, 0.25) is 0 Å². The van der Waals surface area contributed by atoms with Crippen LogP contribution in [0.25, 0.3) is 0 Å². The molecule has 0 spiro atoms. The maximum Gasteiger partial charge on any atom is 0.321 e. The molecule has 0 aromatic heterocycles. The molecule has 0 bridgehead atoms. The van der Waals surface area contributed by atoms with Crippen molar-refractivity contribution in [3.05, 3.63) is 35.4 Å². The fourth-order valence-corrected chi connectivity index (χ4v) is 1.71. The lowest BCUT2D eigenvalue weighted by atomic mass is 10.2. The number of urea groups is 1. The van der Waals surface area contributed by atoms with E-state index in [4.69, 9.17) is 0 Å². The van der Waals surface area contributed by atoms with Crippen molar-refractivity contribution in [2.24, 2.45) is 0 Å². The van der Waals surface area contributed by atoms with Gasteiger partial charge < -0.3 is 15.4 Å². The third kappa shape index (κ3) is 7.69. The van der Waals surface area contributed by atoms with Gasteiger partial charge in [-0.05, 0) is 18.6 Å². The number of hydrogen-bond donors (Lipinski definition) is 3. The van der Waals surface area contributed by atoms with Crippen LogP contribution in [-0.2, 0) is 14.3 Å². The summed E-state index contributed by atoms with van der Waals surface area (Å²) in [7, 11) is 0. The highest BCUT2D eigenvalue weighted by Gasteiger charge is 2.14. The van der Waals surface area contributed by atoms with Gasteiger partial charge in [0.15, 0.2) is 6.61 Å². The Morgan fingerprint density at radius 3 is 2.46 bits per heavy atom. The van der Waals surface area contributed by atoms with Crippen LogP contribution in [0.1, 0.15) is 30.1 Å². The zero-order valence-corrected chi connectivity index (χ0v) is 14.1. The Bertz CT molecular complexity index is 682. The molecule has 142 valence electrons. The van der Waals surface area contributed by atoms with Gasteiger partial charge in [-0.15, -0.1) is 0 Å². The summed E-state index contributed by atoms with van der Waals surface area (Å²) in [5.74, 6) is -4.26. The number of benzene rings is 1. The van der Waals surface area contributed by atoms with Gasteiger partial charge >= 0.3 is 12.0 Å². The summed E-state index contributed by atoms with van der Waals surface area (Å²) in [5, 5.41) is 6.64.